The average molecular weight is 381 g/mol. The number of carbonyl (C=O) groups is 2. The fourth-order valence-electron chi connectivity index (χ4n) is 3.32. The van der Waals surface area contributed by atoms with Crippen molar-refractivity contribution in [3.63, 3.8) is 0 Å². The third kappa shape index (κ3) is 4.44. The molecule has 0 saturated heterocycles. The first-order valence-electron chi connectivity index (χ1n) is 9.64. The molecule has 0 aromatic heterocycles. The van der Waals surface area contributed by atoms with Crippen molar-refractivity contribution in [2.75, 3.05) is 29.9 Å². The second kappa shape index (κ2) is 8.78. The Bertz CT molecular complexity index is 846. The van der Waals surface area contributed by atoms with Crippen LogP contribution >= 0.6 is 0 Å². The molecule has 1 aliphatic rings. The highest BCUT2D eigenvalue weighted by molar-refractivity contribution is 5.96. The molecule has 6 nitrogen and oxygen atoms in total. The van der Waals surface area contributed by atoms with Crippen molar-refractivity contribution < 1.29 is 14.3 Å². The number of amides is 2. The molecule has 2 amide bonds. The smallest absolute Gasteiger partial charge is 0.262 e. The molecule has 1 unspecified atom stereocenters. The minimum Gasteiger partial charge on any atom is -0.477 e. The summed E-state index contributed by atoms with van der Waals surface area (Å²) >= 11 is 0. The maximum atomic E-state index is 12.7. The lowest BCUT2D eigenvalue weighted by Gasteiger charge is -2.35. The van der Waals surface area contributed by atoms with Gasteiger partial charge < -0.3 is 20.3 Å². The fourth-order valence-corrected chi connectivity index (χ4v) is 3.32. The average Bonchev–Trinajstić information content (AvgIpc) is 2.69. The summed E-state index contributed by atoms with van der Waals surface area (Å²) in [6, 6.07) is 13.4. The van der Waals surface area contributed by atoms with Gasteiger partial charge in [-0.1, -0.05) is 37.3 Å². The highest BCUT2D eigenvalue weighted by Gasteiger charge is 2.31. The van der Waals surface area contributed by atoms with Gasteiger partial charge in [-0.05, 0) is 43.5 Å². The summed E-state index contributed by atoms with van der Waals surface area (Å²) in [6.07, 6.45) is 0.214. The van der Waals surface area contributed by atoms with Gasteiger partial charge in [-0.15, -0.1) is 0 Å². The van der Waals surface area contributed by atoms with Crippen LogP contribution in [0.4, 0.5) is 11.4 Å². The van der Waals surface area contributed by atoms with Crippen LogP contribution < -0.4 is 20.3 Å². The molecule has 1 atom stereocenters. The van der Waals surface area contributed by atoms with Gasteiger partial charge in [0.05, 0.1) is 18.8 Å². The molecule has 28 heavy (non-hydrogen) atoms. The van der Waals surface area contributed by atoms with Gasteiger partial charge in [-0.25, -0.2) is 0 Å². The molecule has 148 valence electrons. The highest BCUT2D eigenvalue weighted by atomic mass is 16.5. The quantitative estimate of drug-likeness (QED) is 0.807. The summed E-state index contributed by atoms with van der Waals surface area (Å²) in [7, 11) is 0. The zero-order chi connectivity index (χ0) is 20.1. The molecule has 0 spiro atoms. The van der Waals surface area contributed by atoms with E-state index < -0.39 is 6.10 Å². The Morgan fingerprint density at radius 3 is 2.54 bits per heavy atom. The van der Waals surface area contributed by atoms with Crippen LogP contribution in [0.5, 0.6) is 5.75 Å². The maximum Gasteiger partial charge on any atom is 0.262 e. The number of hydrogen-bond donors (Lipinski definition) is 2. The predicted octanol–water partition coefficient (Wildman–Crippen LogP) is 3.04. The van der Waals surface area contributed by atoms with Gasteiger partial charge in [0.25, 0.3) is 5.91 Å². The van der Waals surface area contributed by atoms with E-state index in [9.17, 15) is 9.59 Å². The lowest BCUT2D eigenvalue weighted by molar-refractivity contribution is -0.128. The molecule has 1 heterocycles. The summed E-state index contributed by atoms with van der Waals surface area (Å²) in [4.78, 5) is 27.1. The van der Waals surface area contributed by atoms with Gasteiger partial charge in [-0.2, -0.15) is 0 Å². The van der Waals surface area contributed by atoms with E-state index in [4.69, 9.17) is 4.74 Å². The molecule has 3 rings (SSSR count). The Morgan fingerprint density at radius 1 is 1.11 bits per heavy atom. The number of aryl methyl sites for hydroxylation is 2. The molecule has 2 aromatic rings. The topological polar surface area (TPSA) is 70.7 Å². The van der Waals surface area contributed by atoms with Crippen molar-refractivity contribution in [2.24, 2.45) is 0 Å². The Balaban J connectivity index is 1.75. The zero-order valence-corrected chi connectivity index (χ0v) is 16.6. The molecule has 2 aromatic carbocycles. The minimum atomic E-state index is -0.644. The van der Waals surface area contributed by atoms with Crippen LogP contribution in [-0.4, -0.2) is 37.6 Å². The first-order valence-corrected chi connectivity index (χ1v) is 9.64. The van der Waals surface area contributed by atoms with Gasteiger partial charge in [-0.3, -0.25) is 9.59 Å². The second-order valence-electron chi connectivity index (χ2n) is 7.06. The Morgan fingerprint density at radius 2 is 1.82 bits per heavy atom. The molecule has 0 saturated carbocycles. The second-order valence-corrected chi connectivity index (χ2v) is 7.06. The predicted molar refractivity (Wildman–Crippen MR) is 111 cm³/mol. The fraction of sp³-hybridized carbons (Fsp3) is 0.364. The minimum absolute atomic E-state index is 0.123. The summed E-state index contributed by atoms with van der Waals surface area (Å²) in [5, 5.41) is 5.88. The normalized spacial score (nSPS) is 15.4. The number of hydrogen-bond acceptors (Lipinski definition) is 4. The Labute approximate surface area is 165 Å². The lowest BCUT2D eigenvalue weighted by Crippen LogP contribution is -2.50. The van der Waals surface area contributed by atoms with E-state index in [2.05, 4.69) is 10.6 Å². The first-order chi connectivity index (χ1) is 13.5. The van der Waals surface area contributed by atoms with Gasteiger partial charge >= 0.3 is 0 Å². The number of ether oxygens (including phenoxy) is 1. The molecular formula is C22H27N3O3. The van der Waals surface area contributed by atoms with E-state index in [1.54, 1.807) is 0 Å². The summed E-state index contributed by atoms with van der Waals surface area (Å²) in [5.41, 5.74) is 3.70. The van der Waals surface area contributed by atoms with E-state index in [0.29, 0.717) is 18.8 Å². The van der Waals surface area contributed by atoms with E-state index in [1.807, 2.05) is 68.1 Å². The standard InChI is InChI=1S/C22H27N3O3/c1-4-12-23-22(27)19-13-25(17-10-5-6-11-18(17)28-19)14-20(26)24-21-15(2)8-7-9-16(21)3/h5-11,19H,4,12-14H2,1-3H3,(H,23,27)(H,24,26). The summed E-state index contributed by atoms with van der Waals surface area (Å²) in [6.45, 7) is 7.02. The van der Waals surface area contributed by atoms with Crippen LogP contribution in [0, 0.1) is 13.8 Å². The van der Waals surface area contributed by atoms with Crippen LogP contribution in [0.15, 0.2) is 42.5 Å². The Kier molecular flexibility index (Phi) is 6.19. The van der Waals surface area contributed by atoms with E-state index in [-0.39, 0.29) is 18.4 Å². The number of nitrogens with zero attached hydrogens (tertiary/aromatic N) is 1. The van der Waals surface area contributed by atoms with Gasteiger partial charge in [0, 0.05) is 12.2 Å². The number of anilines is 2. The van der Waals surface area contributed by atoms with E-state index in [0.717, 1.165) is 28.9 Å². The lowest BCUT2D eigenvalue weighted by atomic mass is 10.1. The SMILES string of the molecule is CCCNC(=O)C1CN(CC(=O)Nc2c(C)cccc2C)c2ccccc2O1. The van der Waals surface area contributed by atoms with Crippen LogP contribution in [0.1, 0.15) is 24.5 Å². The number of carbonyl (C=O) groups excluding carboxylic acids is 2. The number of para-hydroxylation sites is 3. The van der Waals surface area contributed by atoms with Crippen molar-refractivity contribution in [3.8, 4) is 5.75 Å². The molecule has 0 bridgehead atoms. The van der Waals surface area contributed by atoms with Gasteiger partial charge in [0.1, 0.15) is 5.75 Å². The molecule has 0 radical (unpaired) electrons. The first kappa shape index (κ1) is 19.7. The molecule has 6 heteroatoms. The third-order valence-corrected chi connectivity index (χ3v) is 4.78. The Hall–Kier alpha value is -3.02. The number of nitrogens with one attached hydrogen (secondary N) is 2. The molecule has 2 N–H and O–H groups in total. The largest absolute Gasteiger partial charge is 0.477 e. The van der Waals surface area contributed by atoms with Crippen molar-refractivity contribution in [1.29, 1.82) is 0 Å². The van der Waals surface area contributed by atoms with Gasteiger partial charge in [0.2, 0.25) is 5.91 Å². The van der Waals surface area contributed by atoms with Crippen molar-refractivity contribution >= 4 is 23.2 Å². The molecule has 0 aliphatic carbocycles. The summed E-state index contributed by atoms with van der Waals surface area (Å²) in [5.74, 6) is 0.337. The number of fused-ring (bicyclic) bond motifs is 1. The van der Waals surface area contributed by atoms with Crippen molar-refractivity contribution in [3.05, 3.63) is 53.6 Å². The third-order valence-electron chi connectivity index (χ3n) is 4.78. The van der Waals surface area contributed by atoms with E-state index >= 15 is 0 Å². The van der Waals surface area contributed by atoms with Gasteiger partial charge in [0.15, 0.2) is 6.10 Å². The number of benzene rings is 2. The number of rotatable bonds is 6. The van der Waals surface area contributed by atoms with Crippen LogP contribution in [0.2, 0.25) is 0 Å². The summed E-state index contributed by atoms with van der Waals surface area (Å²) < 4.78 is 5.87. The van der Waals surface area contributed by atoms with E-state index in [1.165, 1.54) is 0 Å². The monoisotopic (exact) mass is 381 g/mol. The molecular weight excluding hydrogens is 354 g/mol. The maximum absolute atomic E-state index is 12.7. The molecule has 0 fully saturated rings. The highest BCUT2D eigenvalue weighted by Crippen LogP contribution is 2.33. The van der Waals surface area contributed by atoms with Crippen LogP contribution in [0.3, 0.4) is 0 Å². The van der Waals surface area contributed by atoms with Crippen LogP contribution in [0.25, 0.3) is 0 Å². The molecule has 1 aliphatic heterocycles. The zero-order valence-electron chi connectivity index (χ0n) is 16.6. The van der Waals surface area contributed by atoms with Crippen molar-refractivity contribution in [2.45, 2.75) is 33.3 Å². The van der Waals surface area contributed by atoms with Crippen molar-refractivity contribution in [1.82, 2.24) is 5.32 Å². The van der Waals surface area contributed by atoms with Crippen LogP contribution in [-0.2, 0) is 9.59 Å².